The molecule has 0 aliphatic heterocycles. The summed E-state index contributed by atoms with van der Waals surface area (Å²) in [5.41, 5.74) is 7.50. The summed E-state index contributed by atoms with van der Waals surface area (Å²) < 4.78 is 0. The molecule has 0 spiro atoms. The molecule has 120 valence electrons. The van der Waals surface area contributed by atoms with Crippen molar-refractivity contribution in [3.05, 3.63) is 0 Å². The van der Waals surface area contributed by atoms with Gasteiger partial charge >= 0.3 is 0 Å². The summed E-state index contributed by atoms with van der Waals surface area (Å²) in [4.78, 5) is 0. The molecule has 0 amide bonds. The maximum absolute atomic E-state index is 6.53. The molecule has 1 fully saturated rings. The Hall–Kier alpha value is -0.0400. The van der Waals surface area contributed by atoms with Gasteiger partial charge in [0.25, 0.3) is 0 Å². The van der Waals surface area contributed by atoms with E-state index >= 15 is 0 Å². The van der Waals surface area contributed by atoms with Crippen LogP contribution < -0.4 is 5.73 Å². The van der Waals surface area contributed by atoms with E-state index in [4.69, 9.17) is 5.73 Å². The summed E-state index contributed by atoms with van der Waals surface area (Å²) in [5, 5.41) is 0. The molecular formula is C19H39N. The van der Waals surface area contributed by atoms with Gasteiger partial charge in [-0.05, 0) is 55.8 Å². The fourth-order valence-corrected chi connectivity index (χ4v) is 4.18. The minimum absolute atomic E-state index is 0.0318. The summed E-state index contributed by atoms with van der Waals surface area (Å²) in [6.45, 7) is 14.4. The highest BCUT2D eigenvalue weighted by Crippen LogP contribution is 2.42. The molecule has 0 radical (unpaired) electrons. The van der Waals surface area contributed by atoms with Crippen LogP contribution in [0.3, 0.4) is 0 Å². The van der Waals surface area contributed by atoms with Crippen molar-refractivity contribution in [2.45, 2.75) is 105 Å². The molecule has 0 heterocycles. The van der Waals surface area contributed by atoms with Crippen molar-refractivity contribution in [2.75, 3.05) is 0 Å². The molecule has 1 aliphatic carbocycles. The summed E-state index contributed by atoms with van der Waals surface area (Å²) >= 11 is 0. The zero-order valence-corrected chi connectivity index (χ0v) is 15.0. The van der Waals surface area contributed by atoms with Crippen molar-refractivity contribution in [1.29, 1.82) is 0 Å². The molecule has 2 N–H and O–H groups in total. The number of nitrogens with two attached hydrogens (primary N) is 1. The minimum Gasteiger partial charge on any atom is -0.325 e. The van der Waals surface area contributed by atoms with E-state index in [-0.39, 0.29) is 5.54 Å². The number of hydrogen-bond acceptors (Lipinski definition) is 1. The standard InChI is InChI=1S/C19H39N/c1-16(2)18(5)12-8-7-9-14-19(6,20)15-17(3,4)11-10-13-18/h16H,7-15,20H2,1-6H3. The SMILES string of the molecule is CC(C)C1(C)CCCCCC(C)(N)CC(C)(C)CCC1. The largest absolute Gasteiger partial charge is 0.325 e. The summed E-state index contributed by atoms with van der Waals surface area (Å²) in [6, 6.07) is 0. The van der Waals surface area contributed by atoms with Crippen LogP contribution in [-0.2, 0) is 0 Å². The van der Waals surface area contributed by atoms with Gasteiger partial charge in [0.2, 0.25) is 0 Å². The van der Waals surface area contributed by atoms with Crippen LogP contribution in [0, 0.1) is 16.7 Å². The fraction of sp³-hybridized carbons (Fsp3) is 1.00. The Kier molecular flexibility index (Phi) is 6.14. The number of hydrogen-bond donors (Lipinski definition) is 1. The molecule has 20 heavy (non-hydrogen) atoms. The van der Waals surface area contributed by atoms with Crippen LogP contribution in [0.25, 0.3) is 0 Å². The molecule has 1 aliphatic rings. The van der Waals surface area contributed by atoms with E-state index in [9.17, 15) is 0 Å². The first kappa shape index (κ1) is 18.0. The van der Waals surface area contributed by atoms with Crippen molar-refractivity contribution < 1.29 is 0 Å². The van der Waals surface area contributed by atoms with Crippen LogP contribution >= 0.6 is 0 Å². The summed E-state index contributed by atoms with van der Waals surface area (Å²) in [6.07, 6.45) is 11.9. The second-order valence-corrected chi connectivity index (χ2v) is 9.22. The minimum atomic E-state index is 0.0318. The average Bonchev–Trinajstić information content (AvgIpc) is 2.24. The normalized spacial score (nSPS) is 37.2. The Morgan fingerprint density at radius 3 is 1.90 bits per heavy atom. The van der Waals surface area contributed by atoms with Crippen LogP contribution in [0.4, 0.5) is 0 Å². The van der Waals surface area contributed by atoms with E-state index < -0.39 is 0 Å². The Labute approximate surface area is 128 Å². The maximum Gasteiger partial charge on any atom is 0.0131 e. The zero-order valence-electron chi connectivity index (χ0n) is 15.0. The highest BCUT2D eigenvalue weighted by atomic mass is 14.7. The van der Waals surface area contributed by atoms with E-state index in [2.05, 4.69) is 41.5 Å². The second-order valence-electron chi connectivity index (χ2n) is 9.22. The van der Waals surface area contributed by atoms with E-state index in [1.807, 2.05) is 0 Å². The molecule has 0 bridgehead atoms. The summed E-state index contributed by atoms with van der Waals surface area (Å²) in [7, 11) is 0. The first-order valence-corrected chi connectivity index (χ1v) is 8.85. The number of rotatable bonds is 1. The van der Waals surface area contributed by atoms with Crippen LogP contribution in [0.5, 0.6) is 0 Å². The maximum atomic E-state index is 6.53. The lowest BCUT2D eigenvalue weighted by Crippen LogP contribution is -2.41. The average molecular weight is 282 g/mol. The topological polar surface area (TPSA) is 26.0 Å². The Morgan fingerprint density at radius 1 is 0.750 bits per heavy atom. The summed E-state index contributed by atoms with van der Waals surface area (Å²) in [5.74, 6) is 0.799. The highest BCUT2D eigenvalue weighted by Gasteiger charge is 2.32. The Balaban J connectivity index is 2.73. The molecule has 1 heteroatoms. The van der Waals surface area contributed by atoms with Gasteiger partial charge in [0.1, 0.15) is 0 Å². The second kappa shape index (κ2) is 6.81. The molecule has 0 aromatic heterocycles. The lowest BCUT2D eigenvalue weighted by molar-refractivity contribution is 0.142. The van der Waals surface area contributed by atoms with Gasteiger partial charge in [-0.1, -0.05) is 60.3 Å². The predicted octanol–water partition coefficient (Wildman–Crippen LogP) is 5.92. The monoisotopic (exact) mass is 281 g/mol. The van der Waals surface area contributed by atoms with Gasteiger partial charge in [0, 0.05) is 5.54 Å². The predicted molar refractivity (Wildman–Crippen MR) is 90.9 cm³/mol. The third-order valence-electron chi connectivity index (χ3n) is 5.87. The van der Waals surface area contributed by atoms with Gasteiger partial charge in [-0.3, -0.25) is 0 Å². The molecule has 1 rings (SSSR count). The molecule has 2 atom stereocenters. The van der Waals surface area contributed by atoms with Crippen molar-refractivity contribution in [1.82, 2.24) is 0 Å². The van der Waals surface area contributed by atoms with Crippen molar-refractivity contribution in [3.8, 4) is 0 Å². The Bertz CT molecular complexity index is 290. The van der Waals surface area contributed by atoms with E-state index in [1.165, 1.54) is 57.8 Å². The van der Waals surface area contributed by atoms with Crippen LogP contribution in [-0.4, -0.2) is 5.54 Å². The lowest BCUT2D eigenvalue weighted by atomic mass is 9.68. The smallest absolute Gasteiger partial charge is 0.0131 e. The first-order valence-electron chi connectivity index (χ1n) is 8.85. The zero-order chi connectivity index (χ0) is 15.4. The molecule has 0 saturated heterocycles. The van der Waals surface area contributed by atoms with Gasteiger partial charge in [0.05, 0.1) is 0 Å². The third kappa shape index (κ3) is 5.76. The highest BCUT2D eigenvalue weighted by molar-refractivity contribution is 4.87. The molecule has 0 aromatic rings. The van der Waals surface area contributed by atoms with E-state index in [0.29, 0.717) is 10.8 Å². The molecular weight excluding hydrogens is 242 g/mol. The Morgan fingerprint density at radius 2 is 1.30 bits per heavy atom. The van der Waals surface area contributed by atoms with E-state index in [0.717, 1.165) is 5.92 Å². The quantitative estimate of drug-likeness (QED) is 0.634. The fourth-order valence-electron chi connectivity index (χ4n) is 4.18. The van der Waals surface area contributed by atoms with Gasteiger partial charge < -0.3 is 5.73 Å². The van der Waals surface area contributed by atoms with Crippen LogP contribution in [0.1, 0.15) is 99.3 Å². The lowest BCUT2D eigenvalue weighted by Gasteiger charge is -2.39. The van der Waals surface area contributed by atoms with E-state index in [1.54, 1.807) is 0 Å². The van der Waals surface area contributed by atoms with Crippen molar-refractivity contribution >= 4 is 0 Å². The van der Waals surface area contributed by atoms with Crippen molar-refractivity contribution in [3.63, 3.8) is 0 Å². The van der Waals surface area contributed by atoms with Crippen LogP contribution in [0.2, 0.25) is 0 Å². The third-order valence-corrected chi connectivity index (χ3v) is 5.87. The molecule has 1 saturated carbocycles. The van der Waals surface area contributed by atoms with Gasteiger partial charge in [-0.2, -0.15) is 0 Å². The van der Waals surface area contributed by atoms with Crippen molar-refractivity contribution in [2.24, 2.45) is 22.5 Å². The first-order chi connectivity index (χ1) is 9.06. The molecule has 2 unspecified atom stereocenters. The van der Waals surface area contributed by atoms with Crippen LogP contribution in [0.15, 0.2) is 0 Å². The van der Waals surface area contributed by atoms with Gasteiger partial charge in [-0.25, -0.2) is 0 Å². The molecule has 1 nitrogen and oxygen atoms in total. The molecule has 0 aromatic carbocycles. The van der Waals surface area contributed by atoms with Gasteiger partial charge in [0.15, 0.2) is 0 Å². The van der Waals surface area contributed by atoms with Gasteiger partial charge in [-0.15, -0.1) is 0 Å².